The van der Waals surface area contributed by atoms with Crippen LogP contribution >= 0.6 is 11.3 Å². The lowest BCUT2D eigenvalue weighted by Crippen LogP contribution is -2.06. The lowest BCUT2D eigenvalue weighted by molar-refractivity contribution is -0.114. The van der Waals surface area contributed by atoms with Crippen molar-refractivity contribution in [2.45, 2.75) is 39.0 Å². The van der Waals surface area contributed by atoms with Crippen LogP contribution in [0.5, 0.6) is 0 Å². The molecule has 76 valence electrons. The number of nitrogens with one attached hydrogen (secondary N) is 1. The van der Waals surface area contributed by atoms with Gasteiger partial charge in [-0.05, 0) is 25.2 Å². The standard InChI is InChI=1S/C10H14N2OS/c1-6-4-3-5-8-9(6)14-10(12-8)11-7(2)13/h6H,3-5H2,1-2H3,(H,11,12,13). The molecule has 1 aliphatic rings. The Hall–Kier alpha value is -0.900. The zero-order chi connectivity index (χ0) is 10.1. The Bertz CT molecular complexity index is 359. The zero-order valence-corrected chi connectivity index (χ0v) is 9.28. The molecular formula is C10H14N2OS. The van der Waals surface area contributed by atoms with Gasteiger partial charge in [-0.25, -0.2) is 4.98 Å². The summed E-state index contributed by atoms with van der Waals surface area (Å²) in [6.45, 7) is 3.75. The lowest BCUT2D eigenvalue weighted by Gasteiger charge is -2.15. The summed E-state index contributed by atoms with van der Waals surface area (Å²) in [5.41, 5.74) is 1.19. The van der Waals surface area contributed by atoms with Gasteiger partial charge >= 0.3 is 0 Å². The first kappa shape index (κ1) is 9.65. The van der Waals surface area contributed by atoms with Gasteiger partial charge in [0, 0.05) is 11.8 Å². The molecule has 0 saturated carbocycles. The Kier molecular flexibility index (Phi) is 2.54. The molecule has 3 nitrogen and oxygen atoms in total. The maximum atomic E-state index is 10.9. The summed E-state index contributed by atoms with van der Waals surface area (Å²) in [5.74, 6) is 0.572. The third-order valence-electron chi connectivity index (χ3n) is 2.51. The predicted molar refractivity (Wildman–Crippen MR) is 57.8 cm³/mol. The van der Waals surface area contributed by atoms with Crippen molar-refractivity contribution in [2.24, 2.45) is 0 Å². The Morgan fingerprint density at radius 3 is 3.07 bits per heavy atom. The molecule has 0 aromatic carbocycles. The SMILES string of the molecule is CC(=O)Nc1nc2c(s1)C(C)CCC2. The average Bonchev–Trinajstić information content (AvgIpc) is 2.47. The van der Waals surface area contributed by atoms with E-state index in [0.717, 1.165) is 11.6 Å². The number of hydrogen-bond acceptors (Lipinski definition) is 3. The molecule has 1 unspecified atom stereocenters. The van der Waals surface area contributed by atoms with E-state index >= 15 is 0 Å². The van der Waals surface area contributed by atoms with E-state index in [4.69, 9.17) is 0 Å². The van der Waals surface area contributed by atoms with Crippen molar-refractivity contribution < 1.29 is 4.79 Å². The monoisotopic (exact) mass is 210 g/mol. The number of hydrogen-bond donors (Lipinski definition) is 1. The Morgan fingerprint density at radius 1 is 1.64 bits per heavy atom. The number of nitrogens with zero attached hydrogens (tertiary/aromatic N) is 1. The number of fused-ring (bicyclic) bond motifs is 1. The highest BCUT2D eigenvalue weighted by atomic mass is 32.1. The second kappa shape index (κ2) is 3.69. The van der Waals surface area contributed by atoms with Gasteiger partial charge in [0.25, 0.3) is 0 Å². The van der Waals surface area contributed by atoms with E-state index in [1.54, 1.807) is 11.3 Å². The summed E-state index contributed by atoms with van der Waals surface area (Å²) >= 11 is 1.63. The Morgan fingerprint density at radius 2 is 2.43 bits per heavy atom. The highest BCUT2D eigenvalue weighted by Gasteiger charge is 2.21. The molecule has 2 rings (SSSR count). The second-order valence-corrected chi connectivity index (χ2v) is 4.84. The van der Waals surface area contributed by atoms with Crippen LogP contribution in [0.2, 0.25) is 0 Å². The smallest absolute Gasteiger partial charge is 0.223 e. The number of carbonyl (C=O) groups excluding carboxylic acids is 1. The minimum absolute atomic E-state index is 0.0382. The summed E-state index contributed by atoms with van der Waals surface area (Å²) < 4.78 is 0. The van der Waals surface area contributed by atoms with Gasteiger partial charge < -0.3 is 5.32 Å². The van der Waals surface area contributed by atoms with Crippen LogP contribution in [0.25, 0.3) is 0 Å². The van der Waals surface area contributed by atoms with Crippen molar-refractivity contribution in [3.8, 4) is 0 Å². The van der Waals surface area contributed by atoms with Crippen molar-refractivity contribution in [2.75, 3.05) is 5.32 Å². The van der Waals surface area contributed by atoms with E-state index in [1.807, 2.05) is 0 Å². The highest BCUT2D eigenvalue weighted by Crippen LogP contribution is 2.37. The molecule has 1 aromatic heterocycles. The van der Waals surface area contributed by atoms with Crippen LogP contribution in [-0.4, -0.2) is 10.9 Å². The summed E-state index contributed by atoms with van der Waals surface area (Å²) in [5, 5.41) is 3.51. The molecule has 0 aliphatic heterocycles. The first-order valence-corrected chi connectivity index (χ1v) is 5.75. The van der Waals surface area contributed by atoms with Gasteiger partial charge in [0.1, 0.15) is 0 Å². The molecule has 1 amide bonds. The molecule has 4 heteroatoms. The van der Waals surface area contributed by atoms with Gasteiger partial charge in [0.2, 0.25) is 5.91 Å². The predicted octanol–water partition coefficient (Wildman–Crippen LogP) is 2.54. The van der Waals surface area contributed by atoms with Gasteiger partial charge in [-0.1, -0.05) is 6.92 Å². The van der Waals surface area contributed by atoms with Crippen LogP contribution in [-0.2, 0) is 11.2 Å². The molecule has 0 bridgehead atoms. The molecule has 1 atom stereocenters. The fraction of sp³-hybridized carbons (Fsp3) is 0.600. The molecule has 0 saturated heterocycles. The van der Waals surface area contributed by atoms with Crippen LogP contribution in [0, 0.1) is 0 Å². The molecule has 0 fully saturated rings. The van der Waals surface area contributed by atoms with E-state index in [2.05, 4.69) is 17.2 Å². The van der Waals surface area contributed by atoms with Crippen LogP contribution < -0.4 is 5.32 Å². The van der Waals surface area contributed by atoms with Crippen molar-refractivity contribution in [3.05, 3.63) is 10.6 Å². The van der Waals surface area contributed by atoms with E-state index in [1.165, 1.54) is 30.3 Å². The van der Waals surface area contributed by atoms with Crippen molar-refractivity contribution in [3.63, 3.8) is 0 Å². The molecule has 1 aromatic rings. The molecule has 1 aliphatic carbocycles. The van der Waals surface area contributed by atoms with Crippen LogP contribution in [0.1, 0.15) is 43.2 Å². The van der Waals surface area contributed by atoms with Gasteiger partial charge in [-0.3, -0.25) is 4.79 Å². The van der Waals surface area contributed by atoms with E-state index in [0.29, 0.717) is 5.92 Å². The lowest BCUT2D eigenvalue weighted by atomic mass is 9.94. The zero-order valence-electron chi connectivity index (χ0n) is 8.46. The second-order valence-electron chi connectivity index (χ2n) is 3.80. The van der Waals surface area contributed by atoms with E-state index in [9.17, 15) is 4.79 Å². The third kappa shape index (κ3) is 1.80. The summed E-state index contributed by atoms with van der Waals surface area (Å²) in [6.07, 6.45) is 3.53. The number of aromatic nitrogens is 1. The largest absolute Gasteiger partial charge is 0.302 e. The van der Waals surface area contributed by atoms with Crippen molar-refractivity contribution in [1.29, 1.82) is 0 Å². The minimum Gasteiger partial charge on any atom is -0.302 e. The number of thiazole rings is 1. The number of aryl methyl sites for hydroxylation is 1. The normalized spacial score (nSPS) is 20.3. The molecule has 0 spiro atoms. The topological polar surface area (TPSA) is 42.0 Å². The van der Waals surface area contributed by atoms with Gasteiger partial charge in [-0.15, -0.1) is 11.3 Å². The fourth-order valence-corrected chi connectivity index (χ4v) is 2.98. The molecule has 14 heavy (non-hydrogen) atoms. The molecular weight excluding hydrogens is 196 g/mol. The molecule has 1 heterocycles. The number of carbonyl (C=O) groups is 1. The summed E-state index contributed by atoms with van der Waals surface area (Å²) in [4.78, 5) is 16.7. The number of rotatable bonds is 1. The van der Waals surface area contributed by atoms with Crippen LogP contribution in [0.3, 0.4) is 0 Å². The summed E-state index contributed by atoms with van der Waals surface area (Å²) in [6, 6.07) is 0. The first-order valence-electron chi connectivity index (χ1n) is 4.94. The van der Waals surface area contributed by atoms with Crippen LogP contribution in [0.15, 0.2) is 0 Å². The minimum atomic E-state index is -0.0382. The first-order chi connectivity index (χ1) is 6.66. The van der Waals surface area contributed by atoms with Gasteiger partial charge in [0.05, 0.1) is 5.69 Å². The molecule has 0 radical (unpaired) electrons. The Labute approximate surface area is 87.6 Å². The maximum absolute atomic E-state index is 10.9. The fourth-order valence-electron chi connectivity index (χ4n) is 1.84. The molecule has 1 N–H and O–H groups in total. The van der Waals surface area contributed by atoms with Gasteiger partial charge in [0.15, 0.2) is 5.13 Å². The third-order valence-corrected chi connectivity index (χ3v) is 3.75. The summed E-state index contributed by atoms with van der Waals surface area (Å²) in [7, 11) is 0. The number of anilines is 1. The van der Waals surface area contributed by atoms with E-state index in [-0.39, 0.29) is 5.91 Å². The van der Waals surface area contributed by atoms with Crippen LogP contribution in [0.4, 0.5) is 5.13 Å². The van der Waals surface area contributed by atoms with E-state index < -0.39 is 0 Å². The van der Waals surface area contributed by atoms with Crippen molar-refractivity contribution in [1.82, 2.24) is 4.98 Å². The maximum Gasteiger partial charge on any atom is 0.223 e. The highest BCUT2D eigenvalue weighted by molar-refractivity contribution is 7.16. The number of amides is 1. The van der Waals surface area contributed by atoms with Crippen molar-refractivity contribution >= 4 is 22.4 Å². The van der Waals surface area contributed by atoms with Gasteiger partial charge in [-0.2, -0.15) is 0 Å². The average molecular weight is 210 g/mol. The Balaban J connectivity index is 2.26. The quantitative estimate of drug-likeness (QED) is 0.774.